The Morgan fingerprint density at radius 3 is 2.94 bits per heavy atom. The summed E-state index contributed by atoms with van der Waals surface area (Å²) in [5, 5.41) is 3.19. The maximum Gasteiger partial charge on any atom is 0.251 e. The molecule has 1 amide bonds. The first-order valence-corrected chi connectivity index (χ1v) is 5.25. The number of hydrogen-bond acceptors (Lipinski definition) is 2. The molecule has 84 valence electrons. The Balaban J connectivity index is 2.58. The number of carbonyl (C=O) groups is 1. The zero-order chi connectivity index (χ0) is 12.0. The molecule has 1 rings (SSSR count). The highest BCUT2D eigenvalue weighted by Gasteiger charge is 2.06. The van der Waals surface area contributed by atoms with Crippen molar-refractivity contribution in [2.24, 2.45) is 0 Å². The van der Waals surface area contributed by atoms with Gasteiger partial charge in [-0.05, 0) is 25.1 Å². The number of rotatable bonds is 3. The van der Waals surface area contributed by atoms with Gasteiger partial charge in [0.05, 0.1) is 10.7 Å². The standard InChI is InChI=1S/C12H13ClN2O/c1-2-3-4-7-15-12(16)9-5-6-10(13)11(14)8-9/h5-6,8H,4,7,14H2,1H3,(H,15,16). The molecule has 1 aromatic carbocycles. The molecule has 0 saturated carbocycles. The minimum atomic E-state index is -0.165. The molecule has 3 N–H and O–H groups in total. The number of hydrogen-bond donors (Lipinski definition) is 2. The third-order valence-corrected chi connectivity index (χ3v) is 2.31. The van der Waals surface area contributed by atoms with Crippen LogP contribution in [0, 0.1) is 11.8 Å². The minimum Gasteiger partial charge on any atom is -0.398 e. The summed E-state index contributed by atoms with van der Waals surface area (Å²) in [7, 11) is 0. The van der Waals surface area contributed by atoms with E-state index in [2.05, 4.69) is 17.2 Å². The number of halogens is 1. The first-order chi connectivity index (χ1) is 7.65. The van der Waals surface area contributed by atoms with Gasteiger partial charge in [-0.25, -0.2) is 0 Å². The van der Waals surface area contributed by atoms with Gasteiger partial charge in [-0.2, -0.15) is 0 Å². The molecule has 0 bridgehead atoms. The largest absolute Gasteiger partial charge is 0.398 e. The van der Waals surface area contributed by atoms with Crippen molar-refractivity contribution >= 4 is 23.2 Å². The molecule has 0 unspecified atom stereocenters. The lowest BCUT2D eigenvalue weighted by Gasteiger charge is -2.04. The minimum absolute atomic E-state index is 0.165. The van der Waals surface area contributed by atoms with E-state index in [9.17, 15) is 4.79 Å². The summed E-state index contributed by atoms with van der Waals surface area (Å²) in [6, 6.07) is 4.81. The van der Waals surface area contributed by atoms with E-state index < -0.39 is 0 Å². The van der Waals surface area contributed by atoms with Crippen LogP contribution in [0.15, 0.2) is 18.2 Å². The van der Waals surface area contributed by atoms with Crippen LogP contribution < -0.4 is 11.1 Å². The Labute approximate surface area is 100.0 Å². The van der Waals surface area contributed by atoms with Gasteiger partial charge in [-0.1, -0.05) is 11.6 Å². The van der Waals surface area contributed by atoms with Gasteiger partial charge < -0.3 is 11.1 Å². The maximum absolute atomic E-state index is 11.6. The molecule has 0 spiro atoms. The van der Waals surface area contributed by atoms with Crippen LogP contribution in [0.25, 0.3) is 0 Å². The molecule has 0 heterocycles. The third kappa shape index (κ3) is 3.48. The van der Waals surface area contributed by atoms with Gasteiger partial charge >= 0.3 is 0 Å². The molecule has 0 aliphatic heterocycles. The van der Waals surface area contributed by atoms with Crippen molar-refractivity contribution in [1.82, 2.24) is 5.32 Å². The Morgan fingerprint density at radius 2 is 2.31 bits per heavy atom. The lowest BCUT2D eigenvalue weighted by molar-refractivity contribution is 0.0954. The van der Waals surface area contributed by atoms with Crippen molar-refractivity contribution in [2.75, 3.05) is 12.3 Å². The fourth-order valence-corrected chi connectivity index (χ4v) is 1.27. The van der Waals surface area contributed by atoms with Gasteiger partial charge in [0.2, 0.25) is 0 Å². The van der Waals surface area contributed by atoms with E-state index in [-0.39, 0.29) is 5.91 Å². The smallest absolute Gasteiger partial charge is 0.251 e. The highest BCUT2D eigenvalue weighted by Crippen LogP contribution is 2.19. The number of anilines is 1. The summed E-state index contributed by atoms with van der Waals surface area (Å²) in [6.07, 6.45) is 0.644. The van der Waals surface area contributed by atoms with Crippen molar-refractivity contribution in [3.8, 4) is 11.8 Å². The van der Waals surface area contributed by atoms with Gasteiger partial charge in [-0.15, -0.1) is 11.8 Å². The number of amides is 1. The monoisotopic (exact) mass is 236 g/mol. The fourth-order valence-electron chi connectivity index (χ4n) is 1.15. The lowest BCUT2D eigenvalue weighted by Crippen LogP contribution is -2.24. The number of nitrogen functional groups attached to an aromatic ring is 1. The number of nitrogens with one attached hydrogen (secondary N) is 1. The Kier molecular flexibility index (Phi) is 4.68. The molecule has 16 heavy (non-hydrogen) atoms. The summed E-state index contributed by atoms with van der Waals surface area (Å²) < 4.78 is 0. The third-order valence-electron chi connectivity index (χ3n) is 1.97. The highest BCUT2D eigenvalue weighted by atomic mass is 35.5. The Hall–Kier alpha value is -1.66. The van der Waals surface area contributed by atoms with Gasteiger partial charge in [0.1, 0.15) is 0 Å². The number of nitrogens with two attached hydrogens (primary N) is 1. The van der Waals surface area contributed by atoms with Crippen LogP contribution in [0.3, 0.4) is 0 Å². The van der Waals surface area contributed by atoms with Crippen LogP contribution in [0.1, 0.15) is 23.7 Å². The van der Waals surface area contributed by atoms with Crippen LogP contribution in [0.4, 0.5) is 5.69 Å². The quantitative estimate of drug-likeness (QED) is 0.480. The first kappa shape index (κ1) is 12.4. The molecule has 0 fully saturated rings. The highest BCUT2D eigenvalue weighted by molar-refractivity contribution is 6.33. The molecular weight excluding hydrogens is 224 g/mol. The molecule has 4 heteroatoms. The van der Waals surface area contributed by atoms with E-state index >= 15 is 0 Å². The van der Waals surface area contributed by atoms with Gasteiger partial charge in [0, 0.05) is 18.5 Å². The molecule has 0 atom stereocenters. The molecule has 1 aromatic rings. The molecule has 0 aromatic heterocycles. The summed E-state index contributed by atoms with van der Waals surface area (Å²) in [4.78, 5) is 11.6. The molecular formula is C12H13ClN2O. The number of benzene rings is 1. The van der Waals surface area contributed by atoms with E-state index in [0.29, 0.717) is 29.2 Å². The second-order valence-electron chi connectivity index (χ2n) is 3.17. The predicted molar refractivity (Wildman–Crippen MR) is 66.3 cm³/mol. The zero-order valence-electron chi connectivity index (χ0n) is 9.01. The number of carbonyl (C=O) groups excluding carboxylic acids is 1. The van der Waals surface area contributed by atoms with Crippen molar-refractivity contribution in [2.45, 2.75) is 13.3 Å². The molecule has 0 aliphatic carbocycles. The SMILES string of the molecule is CC#CCCNC(=O)c1ccc(Cl)c(N)c1. The topological polar surface area (TPSA) is 55.1 Å². The van der Waals surface area contributed by atoms with Crippen molar-refractivity contribution in [3.05, 3.63) is 28.8 Å². The van der Waals surface area contributed by atoms with Crippen LogP contribution in [0.2, 0.25) is 5.02 Å². The Bertz CT molecular complexity index is 446. The van der Waals surface area contributed by atoms with Crippen LogP contribution >= 0.6 is 11.6 Å². The Morgan fingerprint density at radius 1 is 1.56 bits per heavy atom. The van der Waals surface area contributed by atoms with E-state index in [1.54, 1.807) is 25.1 Å². The first-order valence-electron chi connectivity index (χ1n) is 4.88. The van der Waals surface area contributed by atoms with Crippen molar-refractivity contribution < 1.29 is 4.79 Å². The summed E-state index contributed by atoms with van der Waals surface area (Å²) in [5.41, 5.74) is 6.51. The van der Waals surface area contributed by atoms with Crippen molar-refractivity contribution in [1.29, 1.82) is 0 Å². The maximum atomic E-state index is 11.6. The molecule has 0 radical (unpaired) electrons. The fraction of sp³-hybridized carbons (Fsp3) is 0.250. The van der Waals surface area contributed by atoms with Crippen molar-refractivity contribution in [3.63, 3.8) is 0 Å². The van der Waals surface area contributed by atoms with Gasteiger partial charge in [0.15, 0.2) is 0 Å². The average molecular weight is 237 g/mol. The molecule has 3 nitrogen and oxygen atoms in total. The lowest BCUT2D eigenvalue weighted by atomic mass is 10.2. The van der Waals surface area contributed by atoms with E-state index in [1.807, 2.05) is 0 Å². The van der Waals surface area contributed by atoms with Crippen LogP contribution in [0.5, 0.6) is 0 Å². The van der Waals surface area contributed by atoms with Crippen LogP contribution in [-0.4, -0.2) is 12.5 Å². The van der Waals surface area contributed by atoms with E-state index in [4.69, 9.17) is 17.3 Å². The summed E-state index contributed by atoms with van der Waals surface area (Å²) in [5.74, 6) is 5.46. The van der Waals surface area contributed by atoms with Gasteiger partial charge in [-0.3, -0.25) is 4.79 Å². The normalized spacial score (nSPS) is 9.12. The summed E-state index contributed by atoms with van der Waals surface area (Å²) >= 11 is 5.76. The second-order valence-corrected chi connectivity index (χ2v) is 3.58. The summed E-state index contributed by atoms with van der Waals surface area (Å²) in [6.45, 7) is 2.30. The van der Waals surface area contributed by atoms with Crippen LogP contribution in [-0.2, 0) is 0 Å². The van der Waals surface area contributed by atoms with Gasteiger partial charge in [0.25, 0.3) is 5.91 Å². The second kappa shape index (κ2) is 6.04. The predicted octanol–water partition coefficient (Wildman–Crippen LogP) is 2.07. The molecule has 0 saturated heterocycles. The molecule has 0 aliphatic rings. The van der Waals surface area contributed by atoms with E-state index in [1.165, 1.54) is 0 Å². The average Bonchev–Trinajstić information content (AvgIpc) is 2.28. The zero-order valence-corrected chi connectivity index (χ0v) is 9.77. The van der Waals surface area contributed by atoms with E-state index in [0.717, 1.165) is 0 Å².